The van der Waals surface area contributed by atoms with Crippen LogP contribution in [0.3, 0.4) is 0 Å². The maximum atomic E-state index is 13.9. The van der Waals surface area contributed by atoms with Gasteiger partial charge in [-0.2, -0.15) is 0 Å². The maximum absolute atomic E-state index is 13.9. The molecule has 0 radical (unpaired) electrons. The predicted octanol–water partition coefficient (Wildman–Crippen LogP) is 5.81. The molecule has 1 N–H and O–H groups in total. The molecule has 11 heteroatoms. The van der Waals surface area contributed by atoms with Crippen LogP contribution in [0.4, 0.5) is 9.18 Å². The summed E-state index contributed by atoms with van der Waals surface area (Å²) < 4.78 is 43.2. The molecular formula is C35H51FN2O8. The van der Waals surface area contributed by atoms with Crippen LogP contribution >= 0.6 is 0 Å². The van der Waals surface area contributed by atoms with Gasteiger partial charge in [-0.1, -0.05) is 25.1 Å². The Labute approximate surface area is 272 Å². The number of halogens is 1. The van der Waals surface area contributed by atoms with Gasteiger partial charge in [-0.05, 0) is 97.6 Å². The second-order valence-corrected chi connectivity index (χ2v) is 15.8. The van der Waals surface area contributed by atoms with Gasteiger partial charge in [0.15, 0.2) is 0 Å². The van der Waals surface area contributed by atoms with Crippen LogP contribution in [0.25, 0.3) is 0 Å². The zero-order valence-electron chi connectivity index (χ0n) is 28.4. The monoisotopic (exact) mass is 646 g/mol. The molecule has 2 heterocycles. The van der Waals surface area contributed by atoms with E-state index in [2.05, 4.69) is 18.3 Å². The Morgan fingerprint density at radius 1 is 1.04 bits per heavy atom. The van der Waals surface area contributed by atoms with E-state index in [0.717, 1.165) is 37.9 Å². The lowest BCUT2D eigenvalue weighted by Crippen LogP contribution is -2.66. The SMILES string of the molecule is CC(C)(C)OC(=O)CC1(C)CC1Oc1ccccc1C1CCC(OCC2N(C(=O)OC(C)(C)C)CCC23COC(F)C(=O)N3)CC1. The summed E-state index contributed by atoms with van der Waals surface area (Å²) in [5.41, 5.74) is -1.21. The number of ether oxygens (including phenoxy) is 5. The molecule has 4 fully saturated rings. The summed E-state index contributed by atoms with van der Waals surface area (Å²) in [6, 6.07) is 7.59. The van der Waals surface area contributed by atoms with Crippen LogP contribution in [0, 0.1) is 5.41 Å². The molecule has 1 spiro atoms. The third-order valence-electron chi connectivity index (χ3n) is 9.54. The van der Waals surface area contributed by atoms with Crippen LogP contribution in [0.1, 0.15) is 105 Å². The molecule has 2 aliphatic carbocycles. The molecule has 10 nitrogen and oxygen atoms in total. The fourth-order valence-electron chi connectivity index (χ4n) is 6.97. The number of nitrogens with zero attached hydrogens (tertiary/aromatic N) is 1. The van der Waals surface area contributed by atoms with Gasteiger partial charge in [0.05, 0.1) is 37.3 Å². The molecule has 2 saturated heterocycles. The lowest BCUT2D eigenvalue weighted by Gasteiger charge is -2.42. The van der Waals surface area contributed by atoms with Crippen LogP contribution in [0.2, 0.25) is 0 Å². The smallest absolute Gasteiger partial charge is 0.410 e. The summed E-state index contributed by atoms with van der Waals surface area (Å²) in [5.74, 6) is 0.135. The Morgan fingerprint density at radius 3 is 2.37 bits per heavy atom. The molecule has 256 valence electrons. The minimum absolute atomic E-state index is 0.0304. The lowest BCUT2D eigenvalue weighted by atomic mass is 9.82. The standard InChI is InChI=1S/C35H51FN2O8/c1-32(2,3)45-28(39)19-34(7)18-27(34)44-25-11-9-8-10-24(25)22-12-14-23(15-13-22)42-20-26-35(21-43-29(36)30(40)37-35)16-17-38(26)31(41)46-33(4,5)6/h8-11,22-23,26-27,29H,12-21H2,1-7H3,(H,37,40). The zero-order chi connectivity index (χ0) is 33.5. The molecule has 1 aromatic carbocycles. The summed E-state index contributed by atoms with van der Waals surface area (Å²) in [5, 5.41) is 2.80. The molecule has 0 aromatic heterocycles. The van der Waals surface area contributed by atoms with E-state index in [1.54, 1.807) is 25.7 Å². The average Bonchev–Trinajstić information content (AvgIpc) is 3.43. The van der Waals surface area contributed by atoms with Gasteiger partial charge in [0.1, 0.15) is 23.1 Å². The number of carbonyl (C=O) groups excluding carboxylic acids is 3. The normalized spacial score (nSPS) is 33.0. The van der Waals surface area contributed by atoms with E-state index in [4.69, 9.17) is 23.7 Å². The molecule has 5 unspecified atom stereocenters. The molecule has 0 bridgehead atoms. The van der Waals surface area contributed by atoms with Crippen molar-refractivity contribution in [1.29, 1.82) is 0 Å². The molecule has 1 aromatic rings. The lowest BCUT2D eigenvalue weighted by molar-refractivity contribution is -0.165. The number of rotatable bonds is 8. The quantitative estimate of drug-likeness (QED) is 0.353. The summed E-state index contributed by atoms with van der Waals surface area (Å²) >= 11 is 0. The Balaban J connectivity index is 1.18. The van der Waals surface area contributed by atoms with Gasteiger partial charge in [0.25, 0.3) is 12.3 Å². The number of hydrogen-bond acceptors (Lipinski definition) is 8. The van der Waals surface area contributed by atoms with Gasteiger partial charge in [-0.15, -0.1) is 0 Å². The number of hydrogen-bond donors (Lipinski definition) is 1. The Bertz CT molecular complexity index is 1290. The van der Waals surface area contributed by atoms with E-state index in [1.165, 1.54) is 5.56 Å². The number of likely N-dealkylation sites (tertiary alicyclic amines) is 1. The van der Waals surface area contributed by atoms with E-state index in [1.807, 2.05) is 39.0 Å². The van der Waals surface area contributed by atoms with Crippen molar-refractivity contribution in [2.24, 2.45) is 5.41 Å². The van der Waals surface area contributed by atoms with Crippen molar-refractivity contribution in [2.75, 3.05) is 19.8 Å². The third-order valence-corrected chi connectivity index (χ3v) is 9.54. The van der Waals surface area contributed by atoms with Crippen molar-refractivity contribution in [1.82, 2.24) is 10.2 Å². The summed E-state index contributed by atoms with van der Waals surface area (Å²) in [6.07, 6.45) is 2.41. The summed E-state index contributed by atoms with van der Waals surface area (Å²) in [4.78, 5) is 39.5. The highest BCUT2D eigenvalue weighted by atomic mass is 19.1. The largest absolute Gasteiger partial charge is 0.490 e. The number of morpholine rings is 1. The van der Waals surface area contributed by atoms with Gasteiger partial charge >= 0.3 is 12.1 Å². The van der Waals surface area contributed by atoms with Gasteiger partial charge in [0, 0.05) is 12.0 Å². The highest BCUT2D eigenvalue weighted by molar-refractivity contribution is 5.81. The predicted molar refractivity (Wildman–Crippen MR) is 168 cm³/mol. The van der Waals surface area contributed by atoms with Gasteiger partial charge in [-0.25, -0.2) is 9.18 Å². The van der Waals surface area contributed by atoms with Crippen LogP contribution in [-0.4, -0.2) is 84.0 Å². The van der Waals surface area contributed by atoms with Crippen molar-refractivity contribution >= 4 is 18.0 Å². The van der Waals surface area contributed by atoms with Gasteiger partial charge in [0.2, 0.25) is 0 Å². The van der Waals surface area contributed by atoms with Crippen molar-refractivity contribution in [3.05, 3.63) is 29.8 Å². The number of para-hydroxylation sites is 1. The number of carbonyl (C=O) groups is 3. The van der Waals surface area contributed by atoms with E-state index in [-0.39, 0.29) is 36.8 Å². The Hall–Kier alpha value is -2.92. The summed E-state index contributed by atoms with van der Waals surface area (Å²) in [7, 11) is 0. The fourth-order valence-corrected chi connectivity index (χ4v) is 6.97. The minimum atomic E-state index is -2.02. The number of amides is 2. The van der Waals surface area contributed by atoms with Crippen LogP contribution in [-0.2, 0) is 28.5 Å². The number of benzene rings is 1. The van der Waals surface area contributed by atoms with E-state index >= 15 is 0 Å². The first kappa shape index (κ1) is 34.4. The molecule has 46 heavy (non-hydrogen) atoms. The minimum Gasteiger partial charge on any atom is -0.490 e. The zero-order valence-corrected chi connectivity index (χ0v) is 28.4. The highest BCUT2D eigenvalue weighted by Gasteiger charge is 2.56. The second kappa shape index (κ2) is 12.9. The first-order valence-electron chi connectivity index (χ1n) is 16.6. The maximum Gasteiger partial charge on any atom is 0.410 e. The number of nitrogens with one attached hydrogen (secondary N) is 1. The third kappa shape index (κ3) is 8.13. The molecule has 2 aliphatic heterocycles. The summed E-state index contributed by atoms with van der Waals surface area (Å²) in [6.45, 7) is 13.6. The molecule has 5 atom stereocenters. The molecular weight excluding hydrogens is 595 g/mol. The van der Waals surface area contributed by atoms with Crippen molar-refractivity contribution < 1.29 is 42.5 Å². The Kier molecular flexibility index (Phi) is 9.68. The van der Waals surface area contributed by atoms with E-state index in [9.17, 15) is 18.8 Å². The number of esters is 1. The Morgan fingerprint density at radius 2 is 1.72 bits per heavy atom. The van der Waals surface area contributed by atoms with Crippen molar-refractivity contribution in [3.63, 3.8) is 0 Å². The number of alkyl halides is 1. The van der Waals surface area contributed by atoms with Crippen molar-refractivity contribution in [2.45, 2.75) is 141 Å². The van der Waals surface area contributed by atoms with Gasteiger partial charge < -0.3 is 33.9 Å². The average molecular weight is 647 g/mol. The molecule has 2 amide bonds. The molecule has 4 aliphatic rings. The molecule has 5 rings (SSSR count). The second-order valence-electron chi connectivity index (χ2n) is 15.8. The van der Waals surface area contributed by atoms with Gasteiger partial charge in [-0.3, -0.25) is 9.59 Å². The van der Waals surface area contributed by atoms with E-state index < -0.39 is 41.1 Å². The van der Waals surface area contributed by atoms with Crippen LogP contribution in [0.5, 0.6) is 5.75 Å². The first-order chi connectivity index (χ1) is 21.5. The van der Waals surface area contributed by atoms with Crippen LogP contribution in [0.15, 0.2) is 24.3 Å². The van der Waals surface area contributed by atoms with Crippen molar-refractivity contribution in [3.8, 4) is 5.75 Å². The molecule has 2 saturated carbocycles. The highest BCUT2D eigenvalue weighted by Crippen LogP contribution is 2.52. The van der Waals surface area contributed by atoms with Crippen LogP contribution < -0.4 is 10.1 Å². The first-order valence-corrected chi connectivity index (χ1v) is 16.6. The van der Waals surface area contributed by atoms with E-state index in [0.29, 0.717) is 25.3 Å². The fraction of sp³-hybridized carbons (Fsp3) is 0.743. The topological polar surface area (TPSA) is 113 Å².